The number of rotatable bonds is 39. The Balaban J connectivity index is 1.65. The molecular formula is C35H62O15Si. The molecule has 0 aliphatic carbocycles. The summed E-state index contributed by atoms with van der Waals surface area (Å²) in [4.78, 5) is 23.6. The minimum absolute atomic E-state index is 0.00357. The molecule has 15 nitrogen and oxygen atoms in total. The highest BCUT2D eigenvalue weighted by Crippen LogP contribution is 2.02. The number of ether oxygens (including phenoxy) is 12. The zero-order valence-electron chi connectivity index (χ0n) is 31.0. The van der Waals surface area contributed by atoms with Gasteiger partial charge >= 0.3 is 5.97 Å². The highest BCUT2D eigenvalue weighted by atomic mass is 28.4. The lowest BCUT2D eigenvalue weighted by atomic mass is 10.1. The summed E-state index contributed by atoms with van der Waals surface area (Å²) in [6, 6.07) is 8.26. The highest BCUT2D eigenvalue weighted by Gasteiger charge is 2.17. The molecule has 0 aliphatic rings. The second kappa shape index (κ2) is 35.1. The van der Waals surface area contributed by atoms with Crippen molar-refractivity contribution in [3.63, 3.8) is 0 Å². The molecule has 0 heterocycles. The summed E-state index contributed by atoms with van der Waals surface area (Å²) >= 11 is 0. The quantitative estimate of drug-likeness (QED) is 0.0318. The lowest BCUT2D eigenvalue weighted by molar-refractivity contribution is -0.139. The molecule has 0 aliphatic heterocycles. The normalized spacial score (nSPS) is 11.7. The van der Waals surface area contributed by atoms with Crippen molar-refractivity contribution in [3.8, 4) is 0 Å². The van der Waals surface area contributed by atoms with Crippen LogP contribution in [-0.2, 0) is 66.1 Å². The van der Waals surface area contributed by atoms with Gasteiger partial charge in [0, 0.05) is 5.56 Å². The molecule has 1 aromatic rings. The molecule has 0 saturated heterocycles. The van der Waals surface area contributed by atoms with Gasteiger partial charge in [-0.05, 0) is 19.6 Å². The maximum atomic E-state index is 11.9. The number of carbonyl (C=O) groups is 2. The SMILES string of the molecule is C[Si](C)(C)OCCOCCOCCOCCOCCOCCOCCOCCOCCOCCOCCOCCOC(=O)C(=O)c1ccccc1. The third kappa shape index (κ3) is 33.7. The molecule has 1 rings (SSSR count). The van der Waals surface area contributed by atoms with Gasteiger partial charge in [-0.1, -0.05) is 30.3 Å². The molecule has 0 spiro atoms. The average Bonchev–Trinajstić information content (AvgIpc) is 3.12. The van der Waals surface area contributed by atoms with Gasteiger partial charge in [-0.15, -0.1) is 0 Å². The Bertz CT molecular complexity index is 920. The first-order valence-electron chi connectivity index (χ1n) is 17.7. The van der Waals surface area contributed by atoms with Gasteiger partial charge in [-0.3, -0.25) is 4.79 Å². The number of hydrogen-bond acceptors (Lipinski definition) is 15. The molecule has 0 saturated carbocycles. The number of benzene rings is 1. The van der Waals surface area contributed by atoms with Gasteiger partial charge in [0.25, 0.3) is 5.78 Å². The van der Waals surface area contributed by atoms with Gasteiger partial charge in [-0.25, -0.2) is 4.79 Å². The lowest BCUT2D eigenvalue weighted by Gasteiger charge is -2.16. The minimum Gasteiger partial charge on any atom is -0.457 e. The fourth-order valence-corrected chi connectivity index (χ4v) is 4.37. The van der Waals surface area contributed by atoms with E-state index in [2.05, 4.69) is 19.6 Å². The van der Waals surface area contributed by atoms with E-state index in [4.69, 9.17) is 61.3 Å². The first-order valence-corrected chi connectivity index (χ1v) is 21.1. The van der Waals surface area contributed by atoms with Crippen LogP contribution >= 0.6 is 0 Å². The Kier molecular flexibility index (Phi) is 32.5. The fraction of sp³-hybridized carbons (Fsp3) is 0.771. The van der Waals surface area contributed by atoms with Crippen molar-refractivity contribution < 1.29 is 70.9 Å². The van der Waals surface area contributed by atoms with E-state index >= 15 is 0 Å². The maximum absolute atomic E-state index is 11.9. The molecule has 0 N–H and O–H groups in total. The summed E-state index contributed by atoms with van der Waals surface area (Å²) in [5.74, 6) is -1.57. The summed E-state index contributed by atoms with van der Waals surface area (Å²) in [6.07, 6.45) is 0. The van der Waals surface area contributed by atoms with Gasteiger partial charge in [0.1, 0.15) is 6.61 Å². The molecule has 0 fully saturated rings. The van der Waals surface area contributed by atoms with Gasteiger partial charge in [-0.2, -0.15) is 0 Å². The molecule has 0 radical (unpaired) electrons. The van der Waals surface area contributed by atoms with Crippen LogP contribution in [0.2, 0.25) is 19.6 Å². The van der Waals surface area contributed by atoms with E-state index in [9.17, 15) is 9.59 Å². The van der Waals surface area contributed by atoms with Crippen LogP contribution in [0.15, 0.2) is 30.3 Å². The largest absolute Gasteiger partial charge is 0.457 e. The monoisotopic (exact) mass is 750 g/mol. The van der Waals surface area contributed by atoms with Crippen LogP contribution in [0, 0.1) is 0 Å². The summed E-state index contributed by atoms with van der Waals surface area (Å²) in [6.45, 7) is 17.4. The van der Waals surface area contributed by atoms with Crippen molar-refractivity contribution in [2.75, 3.05) is 159 Å². The van der Waals surface area contributed by atoms with Crippen molar-refractivity contribution in [2.45, 2.75) is 19.6 Å². The molecule has 0 aromatic heterocycles. The van der Waals surface area contributed by atoms with Crippen LogP contribution in [0.5, 0.6) is 0 Å². The summed E-state index contributed by atoms with van der Waals surface area (Å²) < 4.78 is 70.6. The van der Waals surface area contributed by atoms with Crippen molar-refractivity contribution >= 4 is 20.1 Å². The zero-order chi connectivity index (χ0) is 36.9. The van der Waals surface area contributed by atoms with Gasteiger partial charge in [0.15, 0.2) is 8.32 Å². The number of ketones is 1. The highest BCUT2D eigenvalue weighted by molar-refractivity contribution is 6.69. The van der Waals surface area contributed by atoms with Crippen molar-refractivity contribution in [2.24, 2.45) is 0 Å². The first-order chi connectivity index (χ1) is 24.9. The Morgan fingerprint density at radius 2 is 0.647 bits per heavy atom. The van der Waals surface area contributed by atoms with Crippen molar-refractivity contribution in [3.05, 3.63) is 35.9 Å². The number of carbonyl (C=O) groups excluding carboxylic acids is 2. The molecule has 0 bridgehead atoms. The van der Waals surface area contributed by atoms with Crippen molar-refractivity contribution in [1.29, 1.82) is 0 Å². The summed E-state index contributed by atoms with van der Waals surface area (Å²) in [5.41, 5.74) is 0.295. The van der Waals surface area contributed by atoms with Crippen molar-refractivity contribution in [1.82, 2.24) is 0 Å². The summed E-state index contributed by atoms with van der Waals surface area (Å²) in [7, 11) is -1.46. The topological polar surface area (TPSA) is 154 Å². The predicted molar refractivity (Wildman–Crippen MR) is 190 cm³/mol. The fourth-order valence-electron chi connectivity index (χ4n) is 3.67. The molecule has 0 atom stereocenters. The van der Waals surface area contributed by atoms with Crippen LogP contribution in [0.1, 0.15) is 10.4 Å². The van der Waals surface area contributed by atoms with E-state index in [-0.39, 0.29) is 13.2 Å². The van der Waals surface area contributed by atoms with E-state index in [1.807, 2.05) is 0 Å². The van der Waals surface area contributed by atoms with E-state index in [1.165, 1.54) is 0 Å². The molecule has 0 unspecified atom stereocenters. The van der Waals surface area contributed by atoms with E-state index in [0.29, 0.717) is 151 Å². The van der Waals surface area contributed by atoms with Crippen LogP contribution in [0.3, 0.4) is 0 Å². The van der Waals surface area contributed by atoms with Crippen LogP contribution in [-0.4, -0.2) is 179 Å². The lowest BCUT2D eigenvalue weighted by Crippen LogP contribution is -2.27. The number of hydrogen-bond donors (Lipinski definition) is 0. The Morgan fingerprint density at radius 1 is 0.392 bits per heavy atom. The summed E-state index contributed by atoms with van der Waals surface area (Å²) in [5, 5.41) is 0. The van der Waals surface area contributed by atoms with Crippen LogP contribution in [0.25, 0.3) is 0 Å². The van der Waals surface area contributed by atoms with Gasteiger partial charge < -0.3 is 61.3 Å². The predicted octanol–water partition coefficient (Wildman–Crippen LogP) is 2.45. The maximum Gasteiger partial charge on any atom is 0.379 e. The smallest absolute Gasteiger partial charge is 0.379 e. The zero-order valence-corrected chi connectivity index (χ0v) is 32.0. The van der Waals surface area contributed by atoms with E-state index in [0.717, 1.165) is 0 Å². The Morgan fingerprint density at radius 3 is 0.922 bits per heavy atom. The first kappa shape index (κ1) is 47.1. The number of Topliss-reactive ketones (excluding diaryl/α,β-unsaturated/α-hetero) is 1. The van der Waals surface area contributed by atoms with E-state index in [1.54, 1.807) is 30.3 Å². The molecular weight excluding hydrogens is 688 g/mol. The standard InChI is InChI=1S/C35H62O15Si/c1-51(2,3)50-32-30-48-28-26-46-24-22-44-20-18-42-16-14-40-12-10-38-9-11-39-13-15-41-17-19-43-21-23-45-25-27-47-29-31-49-35(37)34(36)33-7-5-4-6-8-33/h4-8H,9-32H2,1-3H3. The number of esters is 1. The van der Waals surface area contributed by atoms with Crippen LogP contribution < -0.4 is 0 Å². The minimum atomic E-state index is -1.46. The van der Waals surface area contributed by atoms with Crippen LogP contribution in [0.4, 0.5) is 0 Å². The Hall–Kier alpha value is -1.90. The third-order valence-corrected chi connectivity index (χ3v) is 7.24. The third-order valence-electron chi connectivity index (χ3n) is 6.17. The average molecular weight is 751 g/mol. The van der Waals surface area contributed by atoms with Gasteiger partial charge in [0.2, 0.25) is 0 Å². The van der Waals surface area contributed by atoms with E-state index < -0.39 is 20.1 Å². The molecule has 0 amide bonds. The molecule has 1 aromatic carbocycles. The Labute approximate surface area is 304 Å². The molecule has 296 valence electrons. The molecule has 16 heteroatoms. The van der Waals surface area contributed by atoms with Gasteiger partial charge in [0.05, 0.1) is 152 Å². The second-order valence-electron chi connectivity index (χ2n) is 11.5. The second-order valence-corrected chi connectivity index (χ2v) is 16.0. The molecule has 51 heavy (non-hydrogen) atoms.